The van der Waals surface area contributed by atoms with Crippen LogP contribution in [0, 0.1) is 0 Å². The van der Waals surface area contributed by atoms with Crippen LogP contribution in [0.2, 0.25) is 0 Å². The Hall–Kier alpha value is -2.48. The molecule has 26 heavy (non-hydrogen) atoms. The number of hydrogen-bond donors (Lipinski definition) is 0. The van der Waals surface area contributed by atoms with Gasteiger partial charge in [0.2, 0.25) is 0 Å². The van der Waals surface area contributed by atoms with Crippen molar-refractivity contribution < 1.29 is 14.1 Å². The van der Waals surface area contributed by atoms with Crippen molar-refractivity contribution in [2.75, 3.05) is 20.4 Å². The van der Waals surface area contributed by atoms with E-state index in [0.717, 1.165) is 15.9 Å². The summed E-state index contributed by atoms with van der Waals surface area (Å²) >= 11 is 0. The fourth-order valence-electron chi connectivity index (χ4n) is 3.64. The quantitative estimate of drug-likeness (QED) is 0.496. The maximum atomic E-state index is 12.6. The van der Waals surface area contributed by atoms with E-state index >= 15 is 0 Å². The normalized spacial score (nSPS) is 12.8. The predicted octanol–water partition coefficient (Wildman–Crippen LogP) is 3.25. The zero-order valence-corrected chi connectivity index (χ0v) is 15.9. The number of hydrogen-bond acceptors (Lipinski definition) is 3. The van der Waals surface area contributed by atoms with Gasteiger partial charge in [-0.3, -0.25) is 0 Å². The van der Waals surface area contributed by atoms with Crippen LogP contribution in [0.4, 0.5) is 0 Å². The van der Waals surface area contributed by atoms with Crippen LogP contribution in [0.15, 0.2) is 91.0 Å². The van der Waals surface area contributed by atoms with Crippen LogP contribution in [0.1, 0.15) is 0 Å². The summed E-state index contributed by atoms with van der Waals surface area (Å²) in [5, 5.41) is 3.01. The summed E-state index contributed by atoms with van der Waals surface area (Å²) in [6, 6.07) is 30.1. The molecule has 3 aromatic carbocycles. The fraction of sp³-hybridized carbons (Fsp3) is 0.136. The third kappa shape index (κ3) is 2.74. The molecule has 0 aliphatic heterocycles. The van der Waals surface area contributed by atoms with Crippen molar-refractivity contribution in [2.45, 2.75) is 0 Å². The predicted molar refractivity (Wildman–Crippen MR) is 109 cm³/mol. The molecule has 0 heterocycles. The Morgan fingerprint density at radius 1 is 0.692 bits per heavy atom. The van der Waals surface area contributed by atoms with Gasteiger partial charge in [0, 0.05) is 0 Å². The summed E-state index contributed by atoms with van der Waals surface area (Å²) in [6.07, 6.45) is 0.149. The van der Waals surface area contributed by atoms with Gasteiger partial charge in [-0.2, -0.15) is 0 Å². The second-order valence-electron chi connectivity index (χ2n) is 6.14. The van der Waals surface area contributed by atoms with Gasteiger partial charge >= 0.3 is 154 Å². The van der Waals surface area contributed by atoms with Gasteiger partial charge in [-0.25, -0.2) is 0 Å². The first kappa shape index (κ1) is 18.3. The van der Waals surface area contributed by atoms with Crippen LogP contribution < -0.4 is 15.9 Å². The van der Waals surface area contributed by atoms with Crippen LogP contribution in [0.3, 0.4) is 0 Å². The molecule has 0 saturated heterocycles. The number of carbonyl (C=O) groups excluding carboxylic acids is 1. The molecule has 3 nitrogen and oxygen atoms in total. The van der Waals surface area contributed by atoms with Crippen molar-refractivity contribution >= 4 is 28.7 Å². The molecule has 0 saturated carbocycles. The molecular formula is C22H23O3P. The van der Waals surface area contributed by atoms with Gasteiger partial charge in [-0.05, 0) is 0 Å². The monoisotopic (exact) mass is 366 g/mol. The molecule has 0 fully saturated rings. The second-order valence-corrected chi connectivity index (χ2v) is 10.8. The minimum absolute atomic E-state index is 0.149. The van der Waals surface area contributed by atoms with Crippen LogP contribution >= 0.6 is 6.83 Å². The Bertz CT molecular complexity index is 764. The molecule has 0 unspecified atom stereocenters. The Balaban J connectivity index is 2.48. The first-order chi connectivity index (χ1) is 12.7. The Kier molecular flexibility index (Phi) is 5.22. The third-order valence-corrected chi connectivity index (χ3v) is 10.8. The molecule has 0 amide bonds. The number of methoxy groups -OCH3 is 1. The van der Waals surface area contributed by atoms with Gasteiger partial charge in [0.05, 0.1) is 0 Å². The van der Waals surface area contributed by atoms with E-state index in [1.165, 1.54) is 7.11 Å². The summed E-state index contributed by atoms with van der Waals surface area (Å²) in [7, 11) is 3.12. The van der Waals surface area contributed by atoms with E-state index in [0.29, 0.717) is 0 Å². The molecule has 0 radical (unpaired) electrons. The van der Waals surface area contributed by atoms with Crippen LogP contribution in [0.25, 0.3) is 0 Å². The number of benzene rings is 3. The van der Waals surface area contributed by atoms with Crippen molar-refractivity contribution in [2.24, 2.45) is 0 Å². The van der Waals surface area contributed by atoms with Crippen LogP contribution in [-0.4, -0.2) is 26.4 Å². The zero-order chi connectivity index (χ0) is 18.5. The Labute approximate surface area is 154 Å². The molecule has 0 aliphatic rings. The molecule has 0 bridgehead atoms. The maximum absolute atomic E-state index is 12.6. The van der Waals surface area contributed by atoms with Gasteiger partial charge < -0.3 is 0 Å². The summed E-state index contributed by atoms with van der Waals surface area (Å²) in [6.45, 7) is -3.52. The summed E-state index contributed by atoms with van der Waals surface area (Å²) < 4.78 is 11.6. The minimum atomic E-state index is -3.52. The average molecular weight is 366 g/mol. The molecule has 0 aliphatic carbocycles. The van der Waals surface area contributed by atoms with Gasteiger partial charge in [0.1, 0.15) is 0 Å². The molecule has 3 aromatic rings. The summed E-state index contributed by atoms with van der Waals surface area (Å²) in [5.41, 5.74) is 0. The van der Waals surface area contributed by atoms with Gasteiger partial charge in [0.15, 0.2) is 0 Å². The number of ether oxygens (including phenoxy) is 1. The Morgan fingerprint density at radius 2 is 1.04 bits per heavy atom. The fourth-order valence-corrected chi connectivity index (χ4v) is 8.88. The second kappa shape index (κ2) is 7.41. The van der Waals surface area contributed by atoms with Crippen molar-refractivity contribution in [3.63, 3.8) is 0 Å². The van der Waals surface area contributed by atoms with Crippen molar-refractivity contribution in [1.29, 1.82) is 0 Å². The van der Waals surface area contributed by atoms with Gasteiger partial charge in [-0.1, -0.05) is 0 Å². The topological polar surface area (TPSA) is 35.5 Å². The molecule has 134 valence electrons. The molecular weight excluding hydrogens is 343 g/mol. The molecule has 3 rings (SSSR count). The first-order valence-electron chi connectivity index (χ1n) is 8.48. The first-order valence-corrected chi connectivity index (χ1v) is 10.8. The van der Waals surface area contributed by atoms with E-state index in [2.05, 4.69) is 0 Å². The van der Waals surface area contributed by atoms with Crippen molar-refractivity contribution in [1.82, 2.24) is 0 Å². The average Bonchev–Trinajstić information content (AvgIpc) is 2.74. The molecule has 4 heteroatoms. The van der Waals surface area contributed by atoms with Crippen molar-refractivity contribution in [3.05, 3.63) is 91.0 Å². The van der Waals surface area contributed by atoms with Crippen molar-refractivity contribution in [3.8, 4) is 0 Å². The molecule has 0 spiro atoms. The molecule has 0 atom stereocenters. The van der Waals surface area contributed by atoms with E-state index < -0.39 is 6.83 Å². The number of carbonyl (C=O) groups is 1. The van der Waals surface area contributed by atoms with Gasteiger partial charge in [-0.15, -0.1) is 0 Å². The van der Waals surface area contributed by atoms with Crippen LogP contribution in [0.5, 0.6) is 0 Å². The summed E-state index contributed by atoms with van der Waals surface area (Å²) in [5.74, 6) is -0.291. The van der Waals surface area contributed by atoms with Gasteiger partial charge in [0.25, 0.3) is 0 Å². The SMILES string of the molecule is COC(=O)CP(OC)(c1ccccc1)(c1ccccc1)c1ccccc1. The molecule has 0 aromatic heterocycles. The Morgan fingerprint density at radius 3 is 1.31 bits per heavy atom. The summed E-state index contributed by atoms with van der Waals surface area (Å²) in [4.78, 5) is 12.6. The molecule has 0 N–H and O–H groups in total. The van der Waals surface area contributed by atoms with E-state index in [-0.39, 0.29) is 12.1 Å². The number of rotatable bonds is 6. The van der Waals surface area contributed by atoms with E-state index in [4.69, 9.17) is 9.26 Å². The number of esters is 1. The van der Waals surface area contributed by atoms with Crippen LogP contribution in [-0.2, 0) is 14.1 Å². The standard InChI is InChI=1S/C22H23O3P/c1-24-22(23)18-26(25-2,19-12-6-3-7-13-19,20-14-8-4-9-15-20)21-16-10-5-11-17-21/h3-17H,18H2,1-2H3. The zero-order valence-electron chi connectivity index (χ0n) is 15.0. The van der Waals surface area contributed by atoms with E-state index in [1.54, 1.807) is 7.11 Å². The third-order valence-electron chi connectivity index (χ3n) is 4.97. The van der Waals surface area contributed by atoms with E-state index in [1.807, 2.05) is 91.0 Å². The van der Waals surface area contributed by atoms with E-state index in [9.17, 15) is 4.79 Å².